The predicted octanol–water partition coefficient (Wildman–Crippen LogP) is 1.51. The van der Waals surface area contributed by atoms with Crippen LogP contribution >= 0.6 is 0 Å². The van der Waals surface area contributed by atoms with Crippen LogP contribution in [0, 0.1) is 5.92 Å². The van der Waals surface area contributed by atoms with Crippen LogP contribution in [0.1, 0.15) is 6.42 Å². The predicted molar refractivity (Wildman–Crippen MR) is 70.7 cm³/mol. The third kappa shape index (κ3) is 2.73. The van der Waals surface area contributed by atoms with Crippen LogP contribution in [0.5, 0.6) is 5.75 Å². The number of rotatable bonds is 3. The Morgan fingerprint density at radius 2 is 2.33 bits per heavy atom. The average molecular weight is 249 g/mol. The second kappa shape index (κ2) is 5.73. The molecular formula is C13H19N3O2. The van der Waals surface area contributed by atoms with Crippen molar-refractivity contribution in [2.24, 2.45) is 11.7 Å². The first kappa shape index (κ1) is 12.7. The lowest BCUT2D eigenvalue weighted by Gasteiger charge is -2.18. The van der Waals surface area contributed by atoms with Crippen molar-refractivity contribution in [1.29, 1.82) is 0 Å². The lowest BCUT2D eigenvalue weighted by atomic mass is 10.1. The summed E-state index contributed by atoms with van der Waals surface area (Å²) in [5.74, 6) is 1.09. The van der Waals surface area contributed by atoms with Crippen molar-refractivity contribution in [3.05, 3.63) is 24.3 Å². The van der Waals surface area contributed by atoms with Gasteiger partial charge in [0.2, 0.25) is 0 Å². The van der Waals surface area contributed by atoms with Crippen molar-refractivity contribution in [2.75, 3.05) is 32.1 Å². The van der Waals surface area contributed by atoms with Gasteiger partial charge >= 0.3 is 6.03 Å². The van der Waals surface area contributed by atoms with E-state index in [2.05, 4.69) is 5.32 Å². The Balaban J connectivity index is 1.99. The fraction of sp³-hybridized carbons (Fsp3) is 0.462. The van der Waals surface area contributed by atoms with Crippen molar-refractivity contribution in [3.63, 3.8) is 0 Å². The van der Waals surface area contributed by atoms with Gasteiger partial charge in [-0.05, 0) is 31.0 Å². The Labute approximate surface area is 107 Å². The van der Waals surface area contributed by atoms with E-state index in [9.17, 15) is 4.79 Å². The molecule has 2 rings (SSSR count). The van der Waals surface area contributed by atoms with E-state index in [1.807, 2.05) is 24.3 Å². The van der Waals surface area contributed by atoms with E-state index in [0.717, 1.165) is 19.5 Å². The van der Waals surface area contributed by atoms with E-state index < -0.39 is 0 Å². The maximum absolute atomic E-state index is 12.1. The van der Waals surface area contributed by atoms with Crippen LogP contribution in [0.4, 0.5) is 10.5 Å². The fourth-order valence-corrected chi connectivity index (χ4v) is 2.15. The second-order valence-electron chi connectivity index (χ2n) is 4.47. The van der Waals surface area contributed by atoms with E-state index in [0.29, 0.717) is 23.9 Å². The molecule has 0 bridgehead atoms. The topological polar surface area (TPSA) is 67.6 Å². The minimum absolute atomic E-state index is 0.0875. The van der Waals surface area contributed by atoms with Crippen molar-refractivity contribution in [3.8, 4) is 5.75 Å². The lowest BCUT2D eigenvalue weighted by Crippen LogP contribution is -2.33. The van der Waals surface area contributed by atoms with Crippen LogP contribution in [0.25, 0.3) is 0 Å². The summed E-state index contributed by atoms with van der Waals surface area (Å²) in [6.45, 7) is 2.14. The Bertz CT molecular complexity index is 422. The molecule has 0 aliphatic carbocycles. The normalized spacial score (nSPS) is 18.8. The molecular weight excluding hydrogens is 230 g/mol. The van der Waals surface area contributed by atoms with E-state index in [1.165, 1.54) is 0 Å². The number of carbonyl (C=O) groups is 1. The maximum atomic E-state index is 12.1. The van der Waals surface area contributed by atoms with Crippen LogP contribution < -0.4 is 15.8 Å². The third-order valence-corrected chi connectivity index (χ3v) is 3.25. The number of carbonyl (C=O) groups excluding carboxylic acids is 1. The summed E-state index contributed by atoms with van der Waals surface area (Å²) in [6, 6.07) is 7.30. The summed E-state index contributed by atoms with van der Waals surface area (Å²) >= 11 is 0. The van der Waals surface area contributed by atoms with E-state index in [-0.39, 0.29) is 6.03 Å². The SMILES string of the molecule is COc1ccccc1NC(=O)N1CCC(CN)C1. The number of benzene rings is 1. The molecule has 1 heterocycles. The Morgan fingerprint density at radius 3 is 3.00 bits per heavy atom. The zero-order chi connectivity index (χ0) is 13.0. The molecule has 2 amide bonds. The standard InChI is InChI=1S/C13H19N3O2/c1-18-12-5-3-2-4-11(12)15-13(17)16-7-6-10(8-14)9-16/h2-5,10H,6-9,14H2,1H3,(H,15,17). The first-order valence-corrected chi connectivity index (χ1v) is 6.13. The number of hydrogen-bond acceptors (Lipinski definition) is 3. The van der Waals surface area contributed by atoms with Crippen molar-refractivity contribution < 1.29 is 9.53 Å². The average Bonchev–Trinajstić information content (AvgIpc) is 2.88. The number of nitrogens with zero attached hydrogens (tertiary/aromatic N) is 1. The van der Waals surface area contributed by atoms with Crippen molar-refractivity contribution >= 4 is 11.7 Å². The molecule has 1 unspecified atom stereocenters. The zero-order valence-corrected chi connectivity index (χ0v) is 10.6. The lowest BCUT2D eigenvalue weighted by molar-refractivity contribution is 0.221. The molecule has 3 N–H and O–H groups in total. The summed E-state index contributed by atoms with van der Waals surface area (Å²) in [5.41, 5.74) is 6.31. The molecule has 1 aromatic rings. The molecule has 0 spiro atoms. The van der Waals surface area contributed by atoms with Crippen molar-refractivity contribution in [1.82, 2.24) is 4.90 Å². The van der Waals surface area contributed by atoms with E-state index >= 15 is 0 Å². The number of nitrogens with one attached hydrogen (secondary N) is 1. The van der Waals surface area contributed by atoms with Gasteiger partial charge in [-0.3, -0.25) is 0 Å². The minimum Gasteiger partial charge on any atom is -0.495 e. The Hall–Kier alpha value is -1.75. The molecule has 1 saturated heterocycles. The number of para-hydroxylation sites is 2. The largest absolute Gasteiger partial charge is 0.495 e. The molecule has 1 aliphatic rings. The number of amides is 2. The van der Waals surface area contributed by atoms with E-state index in [4.69, 9.17) is 10.5 Å². The molecule has 1 aliphatic heterocycles. The summed E-state index contributed by atoms with van der Waals surface area (Å²) in [4.78, 5) is 13.9. The van der Waals surface area contributed by atoms with Gasteiger partial charge in [0.1, 0.15) is 5.75 Å². The van der Waals surface area contributed by atoms with Crippen LogP contribution in [-0.2, 0) is 0 Å². The summed E-state index contributed by atoms with van der Waals surface area (Å²) in [5, 5.41) is 2.87. The molecule has 98 valence electrons. The second-order valence-corrected chi connectivity index (χ2v) is 4.47. The third-order valence-electron chi connectivity index (χ3n) is 3.25. The molecule has 1 aromatic carbocycles. The molecule has 18 heavy (non-hydrogen) atoms. The molecule has 0 radical (unpaired) electrons. The highest BCUT2D eigenvalue weighted by atomic mass is 16.5. The molecule has 5 nitrogen and oxygen atoms in total. The number of anilines is 1. The van der Waals surface area contributed by atoms with Crippen molar-refractivity contribution in [2.45, 2.75) is 6.42 Å². The number of methoxy groups -OCH3 is 1. The zero-order valence-electron chi connectivity index (χ0n) is 10.6. The fourth-order valence-electron chi connectivity index (χ4n) is 2.15. The number of ether oxygens (including phenoxy) is 1. The van der Waals surface area contributed by atoms with Gasteiger partial charge in [0, 0.05) is 13.1 Å². The summed E-state index contributed by atoms with van der Waals surface area (Å²) < 4.78 is 5.20. The molecule has 1 atom stereocenters. The van der Waals surface area contributed by atoms with Gasteiger partial charge in [0.25, 0.3) is 0 Å². The van der Waals surface area contributed by atoms with Crippen LogP contribution in [0.2, 0.25) is 0 Å². The first-order chi connectivity index (χ1) is 8.74. The smallest absolute Gasteiger partial charge is 0.321 e. The van der Waals surface area contributed by atoms with Crippen LogP contribution in [0.15, 0.2) is 24.3 Å². The maximum Gasteiger partial charge on any atom is 0.321 e. The Kier molecular flexibility index (Phi) is 4.04. The van der Waals surface area contributed by atoms with Gasteiger partial charge < -0.3 is 20.7 Å². The number of urea groups is 1. The molecule has 5 heteroatoms. The quantitative estimate of drug-likeness (QED) is 0.853. The van der Waals surface area contributed by atoms with Gasteiger partial charge in [-0.15, -0.1) is 0 Å². The number of likely N-dealkylation sites (tertiary alicyclic amines) is 1. The van der Waals surface area contributed by atoms with Gasteiger partial charge in [-0.1, -0.05) is 12.1 Å². The van der Waals surface area contributed by atoms with Crippen LogP contribution in [-0.4, -0.2) is 37.7 Å². The van der Waals surface area contributed by atoms with E-state index in [1.54, 1.807) is 12.0 Å². The van der Waals surface area contributed by atoms with Gasteiger partial charge in [-0.2, -0.15) is 0 Å². The van der Waals surface area contributed by atoms with Gasteiger partial charge in [0.15, 0.2) is 0 Å². The number of nitrogens with two attached hydrogens (primary N) is 1. The highest BCUT2D eigenvalue weighted by Gasteiger charge is 2.25. The van der Waals surface area contributed by atoms with Gasteiger partial charge in [-0.25, -0.2) is 4.79 Å². The Morgan fingerprint density at radius 1 is 1.56 bits per heavy atom. The monoisotopic (exact) mass is 249 g/mol. The van der Waals surface area contributed by atoms with Gasteiger partial charge in [0.05, 0.1) is 12.8 Å². The summed E-state index contributed by atoms with van der Waals surface area (Å²) in [6.07, 6.45) is 0.982. The first-order valence-electron chi connectivity index (χ1n) is 6.13. The number of hydrogen-bond donors (Lipinski definition) is 2. The highest BCUT2D eigenvalue weighted by molar-refractivity contribution is 5.91. The minimum atomic E-state index is -0.0875. The highest BCUT2D eigenvalue weighted by Crippen LogP contribution is 2.24. The van der Waals surface area contributed by atoms with Crippen LogP contribution in [0.3, 0.4) is 0 Å². The summed E-state index contributed by atoms with van der Waals surface area (Å²) in [7, 11) is 1.59. The molecule has 1 fully saturated rings. The molecule has 0 saturated carbocycles. The molecule has 0 aromatic heterocycles.